The number of hydrogen-bond acceptors (Lipinski definition) is 4. The van der Waals surface area contributed by atoms with Crippen LogP contribution in [0.15, 0.2) is 28.7 Å². The van der Waals surface area contributed by atoms with Gasteiger partial charge in [-0.3, -0.25) is 11.3 Å². The average Bonchev–Trinajstić information content (AvgIpc) is 2.46. The molecule has 1 fully saturated rings. The number of nitrogens with one attached hydrogen (secondary N) is 1. The Labute approximate surface area is 135 Å². The van der Waals surface area contributed by atoms with Crippen LogP contribution < -0.4 is 11.3 Å². The summed E-state index contributed by atoms with van der Waals surface area (Å²) < 4.78 is 24.6. The van der Waals surface area contributed by atoms with Gasteiger partial charge in [-0.15, -0.1) is 0 Å². The molecule has 3 unspecified atom stereocenters. The second kappa shape index (κ2) is 7.22. The molecule has 1 aliphatic carbocycles. The van der Waals surface area contributed by atoms with Crippen LogP contribution >= 0.6 is 15.9 Å². The second-order valence-corrected chi connectivity index (χ2v) is 9.22. The van der Waals surface area contributed by atoms with Crippen molar-refractivity contribution in [2.45, 2.75) is 43.4 Å². The van der Waals surface area contributed by atoms with Gasteiger partial charge in [-0.2, -0.15) is 0 Å². The molecule has 1 saturated carbocycles. The fraction of sp³-hybridized carbons (Fsp3) is 0.600. The lowest BCUT2D eigenvalue weighted by Gasteiger charge is -2.33. The average molecular weight is 375 g/mol. The molecule has 3 N–H and O–H groups in total. The molecule has 1 aliphatic rings. The van der Waals surface area contributed by atoms with E-state index in [2.05, 4.69) is 33.5 Å². The number of halogens is 1. The SMILES string of the molecule is CS(=O)(=O)C1CCCC(C(Cc2ccc(Br)cc2)NN)C1. The number of rotatable bonds is 5. The first kappa shape index (κ1) is 16.9. The van der Waals surface area contributed by atoms with E-state index < -0.39 is 9.84 Å². The highest BCUT2D eigenvalue weighted by molar-refractivity contribution is 9.10. The Kier molecular flexibility index (Phi) is 5.82. The molecule has 0 radical (unpaired) electrons. The van der Waals surface area contributed by atoms with Crippen molar-refractivity contribution < 1.29 is 8.42 Å². The summed E-state index contributed by atoms with van der Waals surface area (Å²) in [6, 6.07) is 8.30. The van der Waals surface area contributed by atoms with Gasteiger partial charge in [-0.1, -0.05) is 34.5 Å². The van der Waals surface area contributed by atoms with Gasteiger partial charge in [0.05, 0.1) is 5.25 Å². The van der Waals surface area contributed by atoms with E-state index in [4.69, 9.17) is 5.84 Å². The normalized spacial score (nSPS) is 24.7. The zero-order valence-corrected chi connectivity index (χ0v) is 14.7. The van der Waals surface area contributed by atoms with Crippen LogP contribution in [0.5, 0.6) is 0 Å². The number of hydrazine groups is 1. The first-order chi connectivity index (χ1) is 9.90. The molecule has 0 aromatic heterocycles. The number of benzene rings is 1. The minimum Gasteiger partial charge on any atom is -0.271 e. The fourth-order valence-corrected chi connectivity index (χ4v) is 4.63. The molecular formula is C15H23BrN2O2S. The largest absolute Gasteiger partial charge is 0.271 e. The molecule has 0 aliphatic heterocycles. The summed E-state index contributed by atoms with van der Waals surface area (Å²) >= 11 is 3.43. The van der Waals surface area contributed by atoms with Crippen LogP contribution in [0.25, 0.3) is 0 Å². The molecule has 2 rings (SSSR count). The van der Waals surface area contributed by atoms with Crippen LogP contribution in [-0.4, -0.2) is 26.0 Å². The summed E-state index contributed by atoms with van der Waals surface area (Å²) in [5, 5.41) is -0.211. The van der Waals surface area contributed by atoms with E-state index >= 15 is 0 Å². The summed E-state index contributed by atoms with van der Waals surface area (Å²) in [5.74, 6) is 6.04. The van der Waals surface area contributed by atoms with Gasteiger partial charge < -0.3 is 0 Å². The van der Waals surface area contributed by atoms with Crippen LogP contribution in [-0.2, 0) is 16.3 Å². The molecule has 0 amide bonds. The molecule has 1 aromatic rings. The molecule has 0 heterocycles. The Morgan fingerprint density at radius 2 is 2.00 bits per heavy atom. The summed E-state index contributed by atoms with van der Waals surface area (Å²) in [5.41, 5.74) is 4.11. The van der Waals surface area contributed by atoms with Gasteiger partial charge in [0.1, 0.15) is 9.84 Å². The van der Waals surface area contributed by atoms with E-state index in [1.54, 1.807) is 0 Å². The molecule has 21 heavy (non-hydrogen) atoms. The Balaban J connectivity index is 2.04. The third-order valence-corrected chi connectivity index (χ3v) is 6.59. The standard InChI is InChI=1S/C15H23BrN2O2S/c1-21(19,20)14-4-2-3-12(10-14)15(18-17)9-11-5-7-13(16)8-6-11/h5-8,12,14-15,18H,2-4,9-10,17H2,1H3. The highest BCUT2D eigenvalue weighted by Crippen LogP contribution is 2.31. The second-order valence-electron chi connectivity index (χ2n) is 5.98. The Morgan fingerprint density at radius 3 is 2.57 bits per heavy atom. The third kappa shape index (κ3) is 4.77. The fourth-order valence-electron chi connectivity index (χ4n) is 3.17. The monoisotopic (exact) mass is 374 g/mol. The van der Waals surface area contributed by atoms with Crippen molar-refractivity contribution in [2.75, 3.05) is 6.26 Å². The third-order valence-electron chi connectivity index (χ3n) is 4.42. The number of nitrogens with two attached hydrogens (primary N) is 1. The van der Waals surface area contributed by atoms with Gasteiger partial charge in [-0.05, 0) is 49.3 Å². The van der Waals surface area contributed by atoms with Crippen LogP contribution in [0.1, 0.15) is 31.2 Å². The van der Waals surface area contributed by atoms with Gasteiger partial charge in [0.25, 0.3) is 0 Å². The zero-order chi connectivity index (χ0) is 15.5. The Morgan fingerprint density at radius 1 is 1.33 bits per heavy atom. The van der Waals surface area contributed by atoms with E-state index in [-0.39, 0.29) is 11.3 Å². The highest BCUT2D eigenvalue weighted by Gasteiger charge is 2.32. The molecule has 0 bridgehead atoms. The lowest BCUT2D eigenvalue weighted by molar-refractivity contribution is 0.270. The topological polar surface area (TPSA) is 72.2 Å². The maximum atomic E-state index is 11.8. The van der Waals surface area contributed by atoms with Crippen molar-refractivity contribution in [3.8, 4) is 0 Å². The molecule has 1 aromatic carbocycles. The smallest absolute Gasteiger partial charge is 0.150 e. The molecule has 3 atom stereocenters. The van der Waals surface area contributed by atoms with Gasteiger partial charge in [0.15, 0.2) is 0 Å². The van der Waals surface area contributed by atoms with Crippen molar-refractivity contribution in [3.63, 3.8) is 0 Å². The maximum absolute atomic E-state index is 11.8. The first-order valence-corrected chi connectivity index (χ1v) is 10.0. The quantitative estimate of drug-likeness (QED) is 0.613. The Bertz CT molecular complexity index is 560. The Hall–Kier alpha value is -0.430. The van der Waals surface area contributed by atoms with Crippen LogP contribution in [0.3, 0.4) is 0 Å². The maximum Gasteiger partial charge on any atom is 0.150 e. The summed E-state index contributed by atoms with van der Waals surface area (Å²) in [7, 11) is -2.95. The molecule has 118 valence electrons. The highest BCUT2D eigenvalue weighted by atomic mass is 79.9. The van der Waals surface area contributed by atoms with Gasteiger partial charge in [-0.25, -0.2) is 8.42 Å². The number of sulfone groups is 1. The van der Waals surface area contributed by atoms with Gasteiger partial charge >= 0.3 is 0 Å². The van der Waals surface area contributed by atoms with Crippen LogP contribution in [0.4, 0.5) is 0 Å². The van der Waals surface area contributed by atoms with Crippen molar-refractivity contribution in [1.82, 2.24) is 5.43 Å². The van der Waals surface area contributed by atoms with Gasteiger partial charge in [0, 0.05) is 16.8 Å². The number of hydrogen-bond donors (Lipinski definition) is 2. The van der Waals surface area contributed by atoms with Crippen molar-refractivity contribution in [2.24, 2.45) is 11.8 Å². The van der Waals surface area contributed by atoms with E-state index in [0.29, 0.717) is 12.3 Å². The van der Waals surface area contributed by atoms with Crippen molar-refractivity contribution in [3.05, 3.63) is 34.3 Å². The molecular weight excluding hydrogens is 352 g/mol. The lowest BCUT2D eigenvalue weighted by atomic mass is 9.81. The summed E-state index contributed by atoms with van der Waals surface area (Å²) in [6.45, 7) is 0. The lowest BCUT2D eigenvalue weighted by Crippen LogP contribution is -2.45. The molecule has 0 spiro atoms. The van der Waals surface area contributed by atoms with Crippen molar-refractivity contribution >= 4 is 25.8 Å². The minimum absolute atomic E-state index is 0.121. The van der Waals surface area contributed by atoms with E-state index in [1.807, 2.05) is 12.1 Å². The molecule has 0 saturated heterocycles. The van der Waals surface area contributed by atoms with Gasteiger partial charge in [0.2, 0.25) is 0 Å². The summed E-state index contributed by atoms with van der Waals surface area (Å²) in [6.07, 6.45) is 5.66. The van der Waals surface area contributed by atoms with Crippen LogP contribution in [0, 0.1) is 5.92 Å². The van der Waals surface area contributed by atoms with E-state index in [9.17, 15) is 8.42 Å². The zero-order valence-electron chi connectivity index (χ0n) is 12.3. The van der Waals surface area contributed by atoms with E-state index in [0.717, 1.165) is 30.2 Å². The first-order valence-electron chi connectivity index (χ1n) is 7.29. The predicted molar refractivity (Wildman–Crippen MR) is 89.5 cm³/mol. The molecule has 6 heteroatoms. The predicted octanol–water partition coefficient (Wildman–Crippen LogP) is 2.43. The minimum atomic E-state index is -2.95. The summed E-state index contributed by atoms with van der Waals surface area (Å²) in [4.78, 5) is 0. The van der Waals surface area contributed by atoms with Crippen molar-refractivity contribution in [1.29, 1.82) is 0 Å². The van der Waals surface area contributed by atoms with Crippen LogP contribution in [0.2, 0.25) is 0 Å². The van der Waals surface area contributed by atoms with E-state index in [1.165, 1.54) is 11.8 Å². The molecule has 4 nitrogen and oxygen atoms in total.